The van der Waals surface area contributed by atoms with Gasteiger partial charge in [-0.2, -0.15) is 0 Å². The molecule has 20 heavy (non-hydrogen) atoms. The van der Waals surface area contributed by atoms with E-state index in [2.05, 4.69) is 48.9 Å². The van der Waals surface area contributed by atoms with Crippen LogP contribution in [0.5, 0.6) is 0 Å². The highest BCUT2D eigenvalue weighted by Crippen LogP contribution is 2.41. The maximum Gasteiger partial charge on any atom is 0.137 e. The lowest BCUT2D eigenvalue weighted by molar-refractivity contribution is 0.0475. The number of benzene rings is 1. The van der Waals surface area contributed by atoms with Gasteiger partial charge in [-0.05, 0) is 59.9 Å². The summed E-state index contributed by atoms with van der Waals surface area (Å²) in [5.41, 5.74) is 1.11. The van der Waals surface area contributed by atoms with Crippen LogP contribution in [-0.4, -0.2) is 18.8 Å². The Hall–Kier alpha value is -0.450. The van der Waals surface area contributed by atoms with Gasteiger partial charge in [0.05, 0.1) is 16.7 Å². The van der Waals surface area contributed by atoms with Crippen molar-refractivity contribution in [3.05, 3.63) is 34.1 Å². The molecule has 1 N–H and O–H groups in total. The quantitative estimate of drug-likeness (QED) is 0.879. The van der Waals surface area contributed by atoms with E-state index >= 15 is 0 Å². The lowest BCUT2D eigenvalue weighted by Crippen LogP contribution is -2.35. The number of nitrogens with one attached hydrogen (secondary N) is 1. The van der Waals surface area contributed by atoms with E-state index in [-0.39, 0.29) is 24.1 Å². The minimum Gasteiger partial charge on any atom is -0.375 e. The molecule has 0 saturated carbocycles. The van der Waals surface area contributed by atoms with Crippen molar-refractivity contribution in [3.8, 4) is 0 Å². The minimum absolute atomic E-state index is 0.187. The molecular weight excluding hydrogens is 321 g/mol. The van der Waals surface area contributed by atoms with E-state index in [1.807, 2.05) is 12.1 Å². The van der Waals surface area contributed by atoms with E-state index in [1.54, 1.807) is 0 Å². The van der Waals surface area contributed by atoms with Gasteiger partial charge < -0.3 is 10.1 Å². The van der Waals surface area contributed by atoms with Crippen LogP contribution in [0.2, 0.25) is 0 Å². The van der Waals surface area contributed by atoms with Crippen LogP contribution in [0.4, 0.5) is 4.39 Å². The third-order valence-electron chi connectivity index (χ3n) is 4.43. The average Bonchev–Trinajstić information content (AvgIpc) is 2.65. The summed E-state index contributed by atoms with van der Waals surface area (Å²) in [7, 11) is 0. The number of hydrogen-bond donors (Lipinski definition) is 1. The monoisotopic (exact) mass is 343 g/mol. The summed E-state index contributed by atoms with van der Waals surface area (Å²) in [5.74, 6) is 0.640. The van der Waals surface area contributed by atoms with Crippen LogP contribution in [0.1, 0.15) is 39.3 Å². The second-order valence-electron chi connectivity index (χ2n) is 5.69. The van der Waals surface area contributed by atoms with Gasteiger partial charge in [0.15, 0.2) is 0 Å². The smallest absolute Gasteiger partial charge is 0.137 e. The molecule has 0 aromatic heterocycles. The van der Waals surface area contributed by atoms with Crippen LogP contribution in [0, 0.1) is 17.7 Å². The van der Waals surface area contributed by atoms with Crippen LogP contribution in [0.25, 0.3) is 0 Å². The number of rotatable bonds is 4. The van der Waals surface area contributed by atoms with Crippen molar-refractivity contribution < 1.29 is 9.13 Å². The Morgan fingerprint density at radius 2 is 2.00 bits per heavy atom. The molecule has 1 aliphatic heterocycles. The highest BCUT2D eigenvalue weighted by Gasteiger charge is 2.41. The van der Waals surface area contributed by atoms with Crippen molar-refractivity contribution in [1.82, 2.24) is 5.32 Å². The zero-order valence-corrected chi connectivity index (χ0v) is 14.1. The van der Waals surface area contributed by atoms with Crippen LogP contribution in [0.3, 0.4) is 0 Å². The first-order valence-electron chi connectivity index (χ1n) is 7.29. The SMILES string of the molecule is CCNC(c1ccc(F)c(Br)c1)C1C(C)OC(C)C1C. The van der Waals surface area contributed by atoms with E-state index in [4.69, 9.17) is 4.74 Å². The Morgan fingerprint density at radius 1 is 1.30 bits per heavy atom. The van der Waals surface area contributed by atoms with Crippen molar-refractivity contribution in [2.75, 3.05) is 6.54 Å². The molecule has 0 radical (unpaired) electrons. The molecule has 1 heterocycles. The molecular formula is C16H23BrFNO. The van der Waals surface area contributed by atoms with Crippen molar-refractivity contribution in [3.63, 3.8) is 0 Å². The molecule has 0 aliphatic carbocycles. The van der Waals surface area contributed by atoms with Crippen LogP contribution in [-0.2, 0) is 4.74 Å². The standard InChI is InChI=1S/C16H23BrFNO/c1-5-19-16(12-6-7-14(18)13(17)8-12)15-9(2)10(3)20-11(15)4/h6-11,15-16,19H,5H2,1-4H3. The van der Waals surface area contributed by atoms with Gasteiger partial charge in [-0.25, -0.2) is 4.39 Å². The van der Waals surface area contributed by atoms with Gasteiger partial charge >= 0.3 is 0 Å². The molecule has 1 aliphatic rings. The number of ether oxygens (including phenoxy) is 1. The van der Waals surface area contributed by atoms with Gasteiger partial charge in [-0.3, -0.25) is 0 Å². The second kappa shape index (κ2) is 6.54. The third kappa shape index (κ3) is 3.07. The Balaban J connectivity index is 2.33. The first kappa shape index (κ1) is 15.9. The largest absolute Gasteiger partial charge is 0.375 e. The first-order chi connectivity index (χ1) is 9.45. The predicted molar refractivity (Wildman–Crippen MR) is 83.2 cm³/mol. The van der Waals surface area contributed by atoms with Gasteiger partial charge in [0, 0.05) is 12.0 Å². The van der Waals surface area contributed by atoms with Crippen LogP contribution in [0.15, 0.2) is 22.7 Å². The summed E-state index contributed by atoms with van der Waals surface area (Å²) < 4.78 is 19.9. The van der Waals surface area contributed by atoms with Gasteiger partial charge in [-0.15, -0.1) is 0 Å². The van der Waals surface area contributed by atoms with Crippen molar-refractivity contribution in [1.29, 1.82) is 0 Å². The summed E-state index contributed by atoms with van der Waals surface area (Å²) in [6.07, 6.45) is 0.466. The zero-order valence-electron chi connectivity index (χ0n) is 12.5. The third-order valence-corrected chi connectivity index (χ3v) is 5.04. The van der Waals surface area contributed by atoms with Gasteiger partial charge in [0.1, 0.15) is 5.82 Å². The van der Waals surface area contributed by atoms with Crippen molar-refractivity contribution >= 4 is 15.9 Å². The molecule has 5 atom stereocenters. The molecule has 0 spiro atoms. The molecule has 5 unspecified atom stereocenters. The highest BCUT2D eigenvalue weighted by atomic mass is 79.9. The minimum atomic E-state index is -0.221. The predicted octanol–water partition coefficient (Wildman–Crippen LogP) is 4.30. The molecule has 4 heteroatoms. The van der Waals surface area contributed by atoms with E-state index in [0.717, 1.165) is 12.1 Å². The van der Waals surface area contributed by atoms with Gasteiger partial charge in [0.2, 0.25) is 0 Å². The first-order valence-corrected chi connectivity index (χ1v) is 8.08. The summed E-state index contributed by atoms with van der Waals surface area (Å²) >= 11 is 3.28. The molecule has 2 nitrogen and oxygen atoms in total. The Labute approximate surface area is 129 Å². The average molecular weight is 344 g/mol. The zero-order chi connectivity index (χ0) is 14.9. The van der Waals surface area contributed by atoms with Crippen molar-refractivity contribution in [2.24, 2.45) is 11.8 Å². The maximum absolute atomic E-state index is 13.4. The Bertz CT molecular complexity index is 468. The van der Waals surface area contributed by atoms with Gasteiger partial charge in [0.25, 0.3) is 0 Å². The molecule has 1 fully saturated rings. The fourth-order valence-corrected chi connectivity index (χ4v) is 3.67. The summed E-state index contributed by atoms with van der Waals surface area (Å²) in [6, 6.07) is 5.46. The van der Waals surface area contributed by atoms with E-state index < -0.39 is 0 Å². The lowest BCUT2D eigenvalue weighted by Gasteiger charge is -2.30. The Morgan fingerprint density at radius 3 is 2.50 bits per heavy atom. The Kier molecular flexibility index (Phi) is 5.21. The normalized spacial score (nSPS) is 31.5. The fourth-order valence-electron chi connectivity index (χ4n) is 3.27. The number of hydrogen-bond acceptors (Lipinski definition) is 2. The summed E-state index contributed by atoms with van der Waals surface area (Å²) in [5, 5.41) is 3.55. The molecule has 0 amide bonds. The van der Waals surface area contributed by atoms with Crippen LogP contribution < -0.4 is 5.32 Å². The van der Waals surface area contributed by atoms with E-state index in [0.29, 0.717) is 16.3 Å². The topological polar surface area (TPSA) is 21.3 Å². The molecule has 0 bridgehead atoms. The fraction of sp³-hybridized carbons (Fsp3) is 0.625. The molecule has 1 saturated heterocycles. The molecule has 112 valence electrons. The second-order valence-corrected chi connectivity index (χ2v) is 6.55. The van der Waals surface area contributed by atoms with Crippen molar-refractivity contribution in [2.45, 2.75) is 45.9 Å². The van der Waals surface area contributed by atoms with E-state index in [1.165, 1.54) is 6.07 Å². The summed E-state index contributed by atoms with van der Waals surface area (Å²) in [6.45, 7) is 9.48. The van der Waals surface area contributed by atoms with Crippen LogP contribution >= 0.6 is 15.9 Å². The summed E-state index contributed by atoms with van der Waals surface area (Å²) in [4.78, 5) is 0. The lowest BCUT2D eigenvalue weighted by atomic mass is 9.80. The maximum atomic E-state index is 13.4. The molecule has 1 aromatic carbocycles. The van der Waals surface area contributed by atoms with Gasteiger partial charge in [-0.1, -0.05) is 19.9 Å². The molecule has 2 rings (SSSR count). The highest BCUT2D eigenvalue weighted by molar-refractivity contribution is 9.10. The number of halogens is 2. The van der Waals surface area contributed by atoms with E-state index in [9.17, 15) is 4.39 Å². The molecule has 1 aromatic rings.